The molecule has 1 amide bonds. The molecule has 0 fully saturated rings. The lowest BCUT2D eigenvalue weighted by Gasteiger charge is -2.32. The van der Waals surface area contributed by atoms with Gasteiger partial charge in [0.25, 0.3) is 0 Å². The number of carboxylic acids is 1. The van der Waals surface area contributed by atoms with E-state index in [9.17, 15) is 14.7 Å². The van der Waals surface area contributed by atoms with Crippen LogP contribution in [0.2, 0.25) is 0 Å². The van der Waals surface area contributed by atoms with Gasteiger partial charge in [0.1, 0.15) is 6.61 Å². The molecule has 2 heterocycles. The normalized spacial score (nSPS) is 17.2. The lowest BCUT2D eigenvalue weighted by atomic mass is 9.98. The van der Waals surface area contributed by atoms with Crippen LogP contribution in [0.15, 0.2) is 54.9 Å². The molecule has 1 N–H and O–H groups in total. The van der Waals surface area contributed by atoms with Crippen molar-refractivity contribution < 1.29 is 19.4 Å². The van der Waals surface area contributed by atoms with E-state index in [-0.39, 0.29) is 19.1 Å². The molecule has 30 heavy (non-hydrogen) atoms. The molecule has 7 heteroatoms. The number of benzene rings is 2. The molecule has 7 nitrogen and oxygen atoms in total. The lowest BCUT2D eigenvalue weighted by molar-refractivity contribution is -0.143. The molecule has 3 aromatic rings. The topological polar surface area (TPSA) is 84.7 Å². The van der Waals surface area contributed by atoms with Crippen molar-refractivity contribution >= 4 is 12.1 Å². The number of rotatable bonds is 3. The Balaban J connectivity index is 1.38. The van der Waals surface area contributed by atoms with E-state index in [1.54, 1.807) is 10.9 Å². The van der Waals surface area contributed by atoms with Gasteiger partial charge < -0.3 is 14.4 Å². The summed E-state index contributed by atoms with van der Waals surface area (Å²) in [5, 5.41) is 9.75. The van der Waals surface area contributed by atoms with E-state index >= 15 is 0 Å². The van der Waals surface area contributed by atoms with Crippen molar-refractivity contribution in [2.45, 2.75) is 18.4 Å². The number of carbonyl (C=O) groups excluding carboxylic acids is 1. The average molecular weight is 403 g/mol. The lowest BCUT2D eigenvalue weighted by Crippen LogP contribution is -2.44. The molecule has 1 unspecified atom stereocenters. The van der Waals surface area contributed by atoms with Crippen LogP contribution in [0.3, 0.4) is 0 Å². The quantitative estimate of drug-likeness (QED) is 0.725. The molecule has 0 bridgehead atoms. The molecule has 0 saturated heterocycles. The molecule has 1 atom stereocenters. The van der Waals surface area contributed by atoms with E-state index in [0.717, 1.165) is 27.9 Å². The van der Waals surface area contributed by atoms with Crippen molar-refractivity contribution in [2.24, 2.45) is 7.05 Å². The van der Waals surface area contributed by atoms with Crippen LogP contribution in [-0.4, -0.2) is 44.8 Å². The molecule has 2 aromatic carbocycles. The molecule has 0 radical (unpaired) electrons. The Kier molecular flexibility index (Phi) is 4.31. The van der Waals surface area contributed by atoms with Crippen LogP contribution in [-0.2, 0) is 23.0 Å². The molecular weight excluding hydrogens is 382 g/mol. The monoisotopic (exact) mass is 403 g/mol. The number of aromatic nitrogens is 2. The number of carbonyl (C=O) groups is 2. The van der Waals surface area contributed by atoms with Gasteiger partial charge >= 0.3 is 12.1 Å². The molecule has 1 aliphatic carbocycles. The van der Waals surface area contributed by atoms with Crippen LogP contribution in [0.25, 0.3) is 11.1 Å². The maximum absolute atomic E-state index is 12.9. The predicted molar refractivity (Wildman–Crippen MR) is 109 cm³/mol. The molecule has 152 valence electrons. The van der Waals surface area contributed by atoms with Crippen molar-refractivity contribution in [1.29, 1.82) is 0 Å². The fourth-order valence-corrected chi connectivity index (χ4v) is 4.63. The SMILES string of the molecule is Cn1cnc2c1CCN(C(=O)OCC1c3ccccc3-c3ccccc31)C2C(=O)O. The summed E-state index contributed by atoms with van der Waals surface area (Å²) in [6, 6.07) is 15.1. The third-order valence-electron chi connectivity index (χ3n) is 6.06. The van der Waals surface area contributed by atoms with Gasteiger partial charge in [-0.3, -0.25) is 4.90 Å². The zero-order chi connectivity index (χ0) is 20.8. The molecule has 5 rings (SSSR count). The van der Waals surface area contributed by atoms with Crippen molar-refractivity contribution in [1.82, 2.24) is 14.5 Å². The number of fused-ring (bicyclic) bond motifs is 4. The summed E-state index contributed by atoms with van der Waals surface area (Å²) in [6.45, 7) is 0.435. The summed E-state index contributed by atoms with van der Waals surface area (Å²) in [5.74, 6) is -1.18. The summed E-state index contributed by atoms with van der Waals surface area (Å²) in [5.41, 5.74) is 5.77. The Morgan fingerprint density at radius 2 is 1.73 bits per heavy atom. The maximum atomic E-state index is 12.9. The van der Waals surface area contributed by atoms with E-state index in [1.165, 1.54) is 4.90 Å². The molecule has 1 aliphatic heterocycles. The van der Waals surface area contributed by atoms with Gasteiger partial charge in [-0.05, 0) is 22.3 Å². The highest BCUT2D eigenvalue weighted by molar-refractivity contribution is 5.82. The number of hydrogen-bond acceptors (Lipinski definition) is 4. The van der Waals surface area contributed by atoms with E-state index in [1.807, 2.05) is 31.3 Å². The number of carboxylic acid groups (broad SMARTS) is 1. The summed E-state index contributed by atoms with van der Waals surface area (Å²) in [6.07, 6.45) is 1.50. The van der Waals surface area contributed by atoms with Crippen LogP contribution in [0, 0.1) is 0 Å². The van der Waals surface area contributed by atoms with Gasteiger partial charge in [0.05, 0.1) is 12.0 Å². The number of ether oxygens (including phenoxy) is 1. The van der Waals surface area contributed by atoms with Crippen molar-refractivity contribution in [2.75, 3.05) is 13.2 Å². The van der Waals surface area contributed by atoms with Gasteiger partial charge in [0, 0.05) is 31.6 Å². The third-order valence-corrected chi connectivity index (χ3v) is 6.06. The maximum Gasteiger partial charge on any atom is 0.410 e. The second kappa shape index (κ2) is 7.02. The summed E-state index contributed by atoms with van der Waals surface area (Å²) in [4.78, 5) is 30.3. The van der Waals surface area contributed by atoms with Crippen LogP contribution in [0.4, 0.5) is 4.79 Å². The zero-order valence-electron chi connectivity index (χ0n) is 16.5. The van der Waals surface area contributed by atoms with E-state index < -0.39 is 18.1 Å². The van der Waals surface area contributed by atoms with E-state index in [4.69, 9.17) is 4.74 Å². The average Bonchev–Trinajstić information content (AvgIpc) is 3.29. The highest BCUT2D eigenvalue weighted by atomic mass is 16.6. The third kappa shape index (κ3) is 2.77. The van der Waals surface area contributed by atoms with Crippen molar-refractivity contribution in [3.8, 4) is 11.1 Å². The van der Waals surface area contributed by atoms with E-state index in [2.05, 4.69) is 29.2 Å². The second-order valence-electron chi connectivity index (χ2n) is 7.68. The molecule has 0 saturated carbocycles. The van der Waals surface area contributed by atoms with Crippen molar-refractivity contribution in [3.63, 3.8) is 0 Å². The first-order chi connectivity index (χ1) is 14.6. The Morgan fingerprint density at radius 3 is 2.37 bits per heavy atom. The molecule has 2 aliphatic rings. The van der Waals surface area contributed by atoms with Crippen molar-refractivity contribution in [3.05, 3.63) is 77.4 Å². The summed E-state index contributed by atoms with van der Waals surface area (Å²) in [7, 11) is 1.83. The minimum atomic E-state index is -1.13. The largest absolute Gasteiger partial charge is 0.479 e. The van der Waals surface area contributed by atoms with Crippen LogP contribution in [0.1, 0.15) is 34.5 Å². The second-order valence-corrected chi connectivity index (χ2v) is 7.68. The first-order valence-electron chi connectivity index (χ1n) is 9.90. The van der Waals surface area contributed by atoms with Crippen LogP contribution in [0.5, 0.6) is 0 Å². The smallest absolute Gasteiger partial charge is 0.410 e. The van der Waals surface area contributed by atoms with Gasteiger partial charge in [-0.1, -0.05) is 48.5 Å². The van der Waals surface area contributed by atoms with Crippen LogP contribution < -0.4 is 0 Å². The Labute approximate surface area is 173 Å². The standard InChI is InChI=1S/C23H21N3O4/c1-25-13-24-20-19(25)10-11-26(21(20)22(27)28)23(29)30-12-18-16-8-4-2-6-14(16)15-7-3-5-9-17(15)18/h2-9,13,18,21H,10-12H2,1H3,(H,27,28). The molecule has 0 spiro atoms. The predicted octanol–water partition coefficient (Wildman–Crippen LogP) is 3.35. The fraction of sp³-hybridized carbons (Fsp3) is 0.261. The highest BCUT2D eigenvalue weighted by Crippen LogP contribution is 2.44. The fourth-order valence-electron chi connectivity index (χ4n) is 4.63. The number of amides is 1. The summed E-state index contributed by atoms with van der Waals surface area (Å²) >= 11 is 0. The first kappa shape index (κ1) is 18.4. The summed E-state index contributed by atoms with van der Waals surface area (Å²) < 4.78 is 7.48. The molecule has 1 aromatic heterocycles. The first-order valence-corrected chi connectivity index (χ1v) is 9.90. The highest BCUT2D eigenvalue weighted by Gasteiger charge is 2.40. The molecular formula is C23H21N3O4. The Hall–Kier alpha value is -3.61. The zero-order valence-corrected chi connectivity index (χ0v) is 16.5. The number of aryl methyl sites for hydroxylation is 1. The minimum absolute atomic E-state index is 0.0696. The number of imidazole rings is 1. The van der Waals surface area contributed by atoms with Gasteiger partial charge in [-0.2, -0.15) is 0 Å². The van der Waals surface area contributed by atoms with Gasteiger partial charge in [0.2, 0.25) is 0 Å². The van der Waals surface area contributed by atoms with Gasteiger partial charge in [-0.25, -0.2) is 14.6 Å². The number of nitrogens with zero attached hydrogens (tertiary/aromatic N) is 3. The minimum Gasteiger partial charge on any atom is -0.479 e. The van der Waals surface area contributed by atoms with Gasteiger partial charge in [-0.15, -0.1) is 0 Å². The number of hydrogen-bond donors (Lipinski definition) is 1. The van der Waals surface area contributed by atoms with Gasteiger partial charge in [0.15, 0.2) is 6.04 Å². The van der Waals surface area contributed by atoms with E-state index in [0.29, 0.717) is 12.1 Å². The Bertz CT molecular complexity index is 1110. The Morgan fingerprint density at radius 1 is 1.10 bits per heavy atom. The van der Waals surface area contributed by atoms with Crippen LogP contribution >= 0.6 is 0 Å². The number of aliphatic carboxylic acids is 1.